The van der Waals surface area contributed by atoms with Crippen LogP contribution in [0.3, 0.4) is 0 Å². The van der Waals surface area contributed by atoms with Crippen molar-refractivity contribution >= 4 is 11.8 Å². The fourth-order valence-electron chi connectivity index (χ4n) is 0.893. The summed E-state index contributed by atoms with van der Waals surface area (Å²) in [5, 5.41) is 5.08. The number of hydrogen-bond donors (Lipinski definition) is 3. The van der Waals surface area contributed by atoms with E-state index in [9.17, 15) is 9.59 Å². The largest absolute Gasteiger partial charge is 0.355 e. The lowest BCUT2D eigenvalue weighted by Gasteiger charge is -2.08. The zero-order valence-electron chi connectivity index (χ0n) is 8.80. The highest BCUT2D eigenvalue weighted by atomic mass is 16.2. The molecule has 0 fully saturated rings. The second kappa shape index (κ2) is 7.32. The summed E-state index contributed by atoms with van der Waals surface area (Å²) in [5.41, 5.74) is 5.58. The Bertz CT molecular complexity index is 194. The van der Waals surface area contributed by atoms with Gasteiger partial charge in [-0.05, 0) is 13.3 Å². The molecule has 0 aliphatic rings. The fraction of sp³-hybridized carbons (Fsp3) is 0.778. The monoisotopic (exact) mass is 201 g/mol. The Morgan fingerprint density at radius 3 is 2.36 bits per heavy atom. The van der Waals surface area contributed by atoms with Crippen LogP contribution in [0.2, 0.25) is 0 Å². The Hall–Kier alpha value is -1.10. The van der Waals surface area contributed by atoms with Crippen LogP contribution in [0.4, 0.5) is 0 Å². The van der Waals surface area contributed by atoms with E-state index in [0.717, 1.165) is 6.42 Å². The number of likely N-dealkylation sites (N-methyl/N-ethyl adjacent to an activating group) is 1. The summed E-state index contributed by atoms with van der Waals surface area (Å²) in [6.45, 7) is 4.35. The Kier molecular flexibility index (Phi) is 6.74. The molecule has 0 aromatic heterocycles. The quantitative estimate of drug-likeness (QED) is 0.535. The normalized spacial score (nSPS) is 11.9. The summed E-state index contributed by atoms with van der Waals surface area (Å²) in [6, 6.07) is -0.121. The molecule has 1 unspecified atom stereocenters. The maximum Gasteiger partial charge on any atom is 0.239 e. The van der Waals surface area contributed by atoms with Crippen LogP contribution in [0.25, 0.3) is 0 Å². The van der Waals surface area contributed by atoms with E-state index in [0.29, 0.717) is 6.54 Å². The van der Waals surface area contributed by atoms with Crippen LogP contribution in [0.15, 0.2) is 0 Å². The third-order valence-corrected chi connectivity index (χ3v) is 1.79. The smallest absolute Gasteiger partial charge is 0.239 e. The van der Waals surface area contributed by atoms with Gasteiger partial charge in [-0.15, -0.1) is 0 Å². The van der Waals surface area contributed by atoms with Gasteiger partial charge in [0.15, 0.2) is 0 Å². The maximum absolute atomic E-state index is 11.1. The van der Waals surface area contributed by atoms with Crippen molar-refractivity contribution in [3.05, 3.63) is 0 Å². The molecule has 0 saturated heterocycles. The van der Waals surface area contributed by atoms with Gasteiger partial charge < -0.3 is 16.4 Å². The Morgan fingerprint density at radius 2 is 1.86 bits per heavy atom. The lowest BCUT2D eigenvalue weighted by atomic mass is 10.1. The molecule has 0 rings (SSSR count). The van der Waals surface area contributed by atoms with Gasteiger partial charge in [0, 0.05) is 19.0 Å². The maximum atomic E-state index is 11.1. The molecule has 0 saturated carbocycles. The molecule has 1 atom stereocenters. The number of carbonyl (C=O) groups excluding carboxylic acids is 2. The molecule has 0 spiro atoms. The fourth-order valence-corrected chi connectivity index (χ4v) is 0.893. The number of nitrogens with one attached hydrogen (secondary N) is 2. The van der Waals surface area contributed by atoms with E-state index in [1.165, 1.54) is 0 Å². The molecule has 0 aromatic carbocycles. The Labute approximate surface area is 84.4 Å². The molecular weight excluding hydrogens is 182 g/mol. The van der Waals surface area contributed by atoms with Crippen molar-refractivity contribution in [2.45, 2.75) is 32.7 Å². The molecule has 4 N–H and O–H groups in total. The Balaban J connectivity index is 3.58. The van der Waals surface area contributed by atoms with Crippen molar-refractivity contribution in [1.29, 1.82) is 0 Å². The van der Waals surface area contributed by atoms with Gasteiger partial charge in [-0.2, -0.15) is 0 Å². The van der Waals surface area contributed by atoms with E-state index in [1.54, 1.807) is 0 Å². The van der Waals surface area contributed by atoms with E-state index >= 15 is 0 Å². The van der Waals surface area contributed by atoms with E-state index in [-0.39, 0.29) is 30.8 Å². The molecule has 0 radical (unpaired) electrons. The van der Waals surface area contributed by atoms with E-state index < -0.39 is 0 Å². The SMILES string of the molecule is CCNC(=O)CNC(=O)CC(N)CC. The molecule has 0 aliphatic carbocycles. The van der Waals surface area contributed by atoms with E-state index in [2.05, 4.69) is 10.6 Å². The first-order valence-corrected chi connectivity index (χ1v) is 4.89. The van der Waals surface area contributed by atoms with Gasteiger partial charge in [0.05, 0.1) is 6.54 Å². The van der Waals surface area contributed by atoms with E-state index in [4.69, 9.17) is 5.73 Å². The minimum atomic E-state index is -0.175. The highest BCUT2D eigenvalue weighted by molar-refractivity contribution is 5.84. The average molecular weight is 201 g/mol. The predicted molar refractivity (Wildman–Crippen MR) is 54.6 cm³/mol. The van der Waals surface area contributed by atoms with Gasteiger partial charge in [-0.25, -0.2) is 0 Å². The highest BCUT2D eigenvalue weighted by Crippen LogP contribution is 1.92. The lowest BCUT2D eigenvalue weighted by molar-refractivity contribution is -0.126. The summed E-state index contributed by atoms with van der Waals surface area (Å²) in [7, 11) is 0. The summed E-state index contributed by atoms with van der Waals surface area (Å²) in [6.07, 6.45) is 1.03. The first-order chi connectivity index (χ1) is 6.60. The number of amides is 2. The molecule has 14 heavy (non-hydrogen) atoms. The van der Waals surface area contributed by atoms with Gasteiger partial charge in [-0.1, -0.05) is 6.92 Å². The van der Waals surface area contributed by atoms with Gasteiger partial charge in [0.1, 0.15) is 0 Å². The van der Waals surface area contributed by atoms with Crippen LogP contribution in [-0.4, -0.2) is 30.9 Å². The van der Waals surface area contributed by atoms with E-state index in [1.807, 2.05) is 13.8 Å². The first kappa shape index (κ1) is 12.9. The van der Waals surface area contributed by atoms with Crippen molar-refractivity contribution < 1.29 is 9.59 Å². The van der Waals surface area contributed by atoms with Gasteiger partial charge in [0.25, 0.3) is 0 Å². The third kappa shape index (κ3) is 6.42. The highest BCUT2D eigenvalue weighted by Gasteiger charge is 2.08. The minimum absolute atomic E-state index is 0.0309. The second-order valence-electron chi connectivity index (χ2n) is 3.10. The van der Waals surface area contributed by atoms with Gasteiger partial charge >= 0.3 is 0 Å². The molecule has 0 aromatic rings. The molecule has 2 amide bonds. The van der Waals surface area contributed by atoms with Crippen molar-refractivity contribution in [2.24, 2.45) is 5.73 Å². The predicted octanol–water partition coefficient (Wildman–Crippen LogP) is -0.634. The molecule has 0 heterocycles. The van der Waals surface area contributed by atoms with Crippen LogP contribution in [0, 0.1) is 0 Å². The summed E-state index contributed by atoms with van der Waals surface area (Å²) in [5.74, 6) is -0.350. The number of carbonyl (C=O) groups is 2. The second-order valence-corrected chi connectivity index (χ2v) is 3.10. The van der Waals surface area contributed by atoms with Gasteiger partial charge in [0.2, 0.25) is 11.8 Å². The van der Waals surface area contributed by atoms with Crippen LogP contribution < -0.4 is 16.4 Å². The zero-order chi connectivity index (χ0) is 11.0. The van der Waals surface area contributed by atoms with Crippen molar-refractivity contribution in [3.8, 4) is 0 Å². The van der Waals surface area contributed by atoms with Crippen molar-refractivity contribution in [3.63, 3.8) is 0 Å². The zero-order valence-corrected chi connectivity index (χ0v) is 8.80. The van der Waals surface area contributed by atoms with Crippen molar-refractivity contribution in [1.82, 2.24) is 10.6 Å². The number of rotatable bonds is 6. The molecule has 0 bridgehead atoms. The first-order valence-electron chi connectivity index (χ1n) is 4.89. The molecule has 0 aliphatic heterocycles. The number of hydrogen-bond acceptors (Lipinski definition) is 3. The summed E-state index contributed by atoms with van der Waals surface area (Å²) >= 11 is 0. The Morgan fingerprint density at radius 1 is 1.21 bits per heavy atom. The lowest BCUT2D eigenvalue weighted by Crippen LogP contribution is -2.38. The molecule has 82 valence electrons. The number of nitrogens with two attached hydrogens (primary N) is 1. The standard InChI is InChI=1S/C9H19N3O2/c1-3-7(10)5-8(13)12-6-9(14)11-4-2/h7H,3-6,10H2,1-2H3,(H,11,14)(H,12,13). The molecule has 5 heteroatoms. The van der Waals surface area contributed by atoms with Gasteiger partial charge in [-0.3, -0.25) is 9.59 Å². The molecule has 5 nitrogen and oxygen atoms in total. The van der Waals surface area contributed by atoms with Crippen LogP contribution in [-0.2, 0) is 9.59 Å². The average Bonchev–Trinajstić information content (AvgIpc) is 2.15. The topological polar surface area (TPSA) is 84.2 Å². The summed E-state index contributed by atoms with van der Waals surface area (Å²) < 4.78 is 0. The summed E-state index contributed by atoms with van der Waals surface area (Å²) in [4.78, 5) is 22.1. The van der Waals surface area contributed by atoms with Crippen LogP contribution >= 0.6 is 0 Å². The van der Waals surface area contributed by atoms with Crippen LogP contribution in [0.5, 0.6) is 0 Å². The van der Waals surface area contributed by atoms with Crippen molar-refractivity contribution in [2.75, 3.05) is 13.1 Å². The minimum Gasteiger partial charge on any atom is -0.355 e. The third-order valence-electron chi connectivity index (χ3n) is 1.79. The van der Waals surface area contributed by atoms with Crippen LogP contribution in [0.1, 0.15) is 26.7 Å². The molecular formula is C9H19N3O2.